The van der Waals surface area contributed by atoms with E-state index in [9.17, 15) is 0 Å². The Hall–Kier alpha value is -1.81. The van der Waals surface area contributed by atoms with Gasteiger partial charge in [0.15, 0.2) is 0 Å². The fourth-order valence-corrected chi connectivity index (χ4v) is 3.71. The molecule has 0 saturated heterocycles. The third-order valence-electron chi connectivity index (χ3n) is 3.29. The minimum atomic E-state index is -2.51. The lowest BCUT2D eigenvalue weighted by Gasteiger charge is -2.24. The molecule has 1 aromatic carbocycles. The van der Waals surface area contributed by atoms with Crippen molar-refractivity contribution in [3.05, 3.63) is 24.3 Å². The molecule has 0 radical (unpaired) electrons. The zero-order chi connectivity index (χ0) is 15.8. The Labute approximate surface area is 130 Å². The van der Waals surface area contributed by atoms with E-state index in [1.54, 1.807) is 21.3 Å². The first-order chi connectivity index (χ1) is 10.7. The molecule has 0 aliphatic carbocycles. The number of H-pyrrole nitrogens is 1. The first kappa shape index (κ1) is 16.6. The van der Waals surface area contributed by atoms with E-state index in [0.29, 0.717) is 18.5 Å². The van der Waals surface area contributed by atoms with Gasteiger partial charge in [-0.3, -0.25) is 0 Å². The van der Waals surface area contributed by atoms with E-state index in [4.69, 9.17) is 18.0 Å². The lowest BCUT2D eigenvalue weighted by Crippen LogP contribution is -2.42. The molecule has 1 N–H and O–H groups in total. The van der Waals surface area contributed by atoms with Crippen LogP contribution in [0.25, 0.3) is 11.4 Å². The van der Waals surface area contributed by atoms with Crippen LogP contribution in [0.5, 0.6) is 5.75 Å². The molecular weight excluding hydrogens is 304 g/mol. The SMILES string of the molecule is CO[Si](CCCOc1ccc(-c2nn[nH]n2)cc1)(OC)OC. The summed E-state index contributed by atoms with van der Waals surface area (Å²) < 4.78 is 21.8. The molecule has 2 aromatic rings. The minimum absolute atomic E-state index is 0.558. The molecule has 0 fully saturated rings. The number of nitrogens with one attached hydrogen (secondary N) is 1. The standard InChI is InChI=1S/C13H20N4O4Si/c1-18-22(19-2,20-3)10-4-9-21-12-7-5-11(6-8-12)13-14-16-17-15-13/h5-8H,4,9-10H2,1-3H3,(H,14,15,16,17). The number of aromatic amines is 1. The highest BCUT2D eigenvalue weighted by molar-refractivity contribution is 6.60. The van der Waals surface area contributed by atoms with Crippen LogP contribution in [-0.2, 0) is 13.3 Å². The Morgan fingerprint density at radius 1 is 1.05 bits per heavy atom. The summed E-state index contributed by atoms with van der Waals surface area (Å²) in [5.74, 6) is 1.34. The van der Waals surface area contributed by atoms with Crippen molar-refractivity contribution in [1.29, 1.82) is 0 Å². The quantitative estimate of drug-likeness (QED) is 0.552. The molecule has 0 atom stereocenters. The number of hydrogen-bond donors (Lipinski definition) is 1. The zero-order valence-electron chi connectivity index (χ0n) is 12.9. The smallest absolute Gasteiger partial charge is 0.494 e. The van der Waals surface area contributed by atoms with E-state index in [0.717, 1.165) is 17.7 Å². The number of tetrazole rings is 1. The van der Waals surface area contributed by atoms with Crippen molar-refractivity contribution in [2.75, 3.05) is 27.9 Å². The van der Waals surface area contributed by atoms with E-state index in [2.05, 4.69) is 20.6 Å². The summed E-state index contributed by atoms with van der Waals surface area (Å²) >= 11 is 0. The average Bonchev–Trinajstić information content (AvgIpc) is 3.11. The van der Waals surface area contributed by atoms with Crippen LogP contribution in [0.1, 0.15) is 6.42 Å². The molecule has 0 amide bonds. The molecule has 0 unspecified atom stereocenters. The molecule has 0 bridgehead atoms. The van der Waals surface area contributed by atoms with Gasteiger partial charge in [-0.05, 0) is 35.9 Å². The first-order valence-corrected chi connectivity index (χ1v) is 8.78. The number of rotatable bonds is 9. The molecule has 2 rings (SSSR count). The minimum Gasteiger partial charge on any atom is -0.494 e. The molecule has 0 aliphatic rings. The Balaban J connectivity index is 1.80. The summed E-state index contributed by atoms with van der Waals surface area (Å²) in [6, 6.07) is 8.23. The second-order valence-corrected chi connectivity index (χ2v) is 7.60. The van der Waals surface area contributed by atoms with Crippen LogP contribution in [0.15, 0.2) is 24.3 Å². The number of aromatic nitrogens is 4. The fraction of sp³-hybridized carbons (Fsp3) is 0.462. The van der Waals surface area contributed by atoms with Gasteiger partial charge in [0.05, 0.1) is 6.61 Å². The second kappa shape index (κ2) is 7.99. The van der Waals surface area contributed by atoms with Gasteiger partial charge in [0, 0.05) is 32.9 Å². The van der Waals surface area contributed by atoms with E-state index in [1.165, 1.54) is 0 Å². The molecule has 0 saturated carbocycles. The molecule has 0 spiro atoms. The van der Waals surface area contributed by atoms with Gasteiger partial charge in [0.1, 0.15) is 5.75 Å². The van der Waals surface area contributed by atoms with E-state index in [1.807, 2.05) is 24.3 Å². The summed E-state index contributed by atoms with van der Waals surface area (Å²) in [4.78, 5) is 0. The lowest BCUT2D eigenvalue weighted by molar-refractivity contribution is 0.121. The van der Waals surface area contributed by atoms with Crippen molar-refractivity contribution in [1.82, 2.24) is 20.6 Å². The van der Waals surface area contributed by atoms with Crippen molar-refractivity contribution in [3.63, 3.8) is 0 Å². The van der Waals surface area contributed by atoms with Crippen LogP contribution in [-0.4, -0.2) is 57.4 Å². The van der Waals surface area contributed by atoms with E-state index < -0.39 is 8.80 Å². The van der Waals surface area contributed by atoms with Gasteiger partial charge in [-0.1, -0.05) is 0 Å². The van der Waals surface area contributed by atoms with E-state index in [-0.39, 0.29) is 0 Å². The fourth-order valence-electron chi connectivity index (χ4n) is 2.02. The van der Waals surface area contributed by atoms with Gasteiger partial charge < -0.3 is 18.0 Å². The Morgan fingerprint density at radius 3 is 2.27 bits per heavy atom. The lowest BCUT2D eigenvalue weighted by atomic mass is 10.2. The van der Waals surface area contributed by atoms with Crippen LogP contribution in [0.3, 0.4) is 0 Å². The molecule has 8 nitrogen and oxygen atoms in total. The van der Waals surface area contributed by atoms with Crippen molar-refractivity contribution < 1.29 is 18.0 Å². The highest BCUT2D eigenvalue weighted by atomic mass is 28.4. The molecule has 0 aliphatic heterocycles. The van der Waals surface area contributed by atoms with Crippen LogP contribution < -0.4 is 4.74 Å². The van der Waals surface area contributed by atoms with Gasteiger partial charge in [-0.15, -0.1) is 10.2 Å². The van der Waals surface area contributed by atoms with Crippen LogP contribution in [0.4, 0.5) is 0 Å². The summed E-state index contributed by atoms with van der Waals surface area (Å²) in [6.45, 7) is 0.562. The van der Waals surface area contributed by atoms with Gasteiger partial charge in [-0.2, -0.15) is 5.21 Å². The maximum atomic E-state index is 5.70. The predicted octanol–water partition coefficient (Wildman–Crippen LogP) is 1.51. The van der Waals surface area contributed by atoms with Crippen molar-refractivity contribution >= 4 is 8.80 Å². The third kappa shape index (κ3) is 4.10. The predicted molar refractivity (Wildman–Crippen MR) is 81.3 cm³/mol. The average molecular weight is 324 g/mol. The topological polar surface area (TPSA) is 91.4 Å². The molecule has 120 valence electrons. The molecule has 1 heterocycles. The molecule has 9 heteroatoms. The summed E-state index contributed by atoms with van der Waals surface area (Å²) in [6.07, 6.45) is 0.786. The molecular formula is C13H20N4O4Si. The maximum absolute atomic E-state index is 5.70. The Kier molecular flexibility index (Phi) is 6.01. The number of nitrogens with zero attached hydrogens (tertiary/aromatic N) is 3. The number of hydrogen-bond acceptors (Lipinski definition) is 7. The van der Waals surface area contributed by atoms with E-state index >= 15 is 0 Å². The van der Waals surface area contributed by atoms with Gasteiger partial charge in [0.2, 0.25) is 5.82 Å². The largest absolute Gasteiger partial charge is 0.500 e. The zero-order valence-corrected chi connectivity index (χ0v) is 13.9. The summed E-state index contributed by atoms with van der Waals surface area (Å²) in [5.41, 5.74) is 0.880. The number of ether oxygens (including phenoxy) is 1. The van der Waals surface area contributed by atoms with Crippen molar-refractivity contribution in [2.45, 2.75) is 12.5 Å². The molecule has 1 aromatic heterocycles. The number of benzene rings is 1. The highest BCUT2D eigenvalue weighted by Gasteiger charge is 2.36. The maximum Gasteiger partial charge on any atom is 0.500 e. The van der Waals surface area contributed by atoms with Crippen LogP contribution >= 0.6 is 0 Å². The normalized spacial score (nSPS) is 11.6. The Morgan fingerprint density at radius 2 is 1.73 bits per heavy atom. The highest BCUT2D eigenvalue weighted by Crippen LogP contribution is 2.19. The third-order valence-corrected chi connectivity index (χ3v) is 6.12. The van der Waals surface area contributed by atoms with Gasteiger partial charge >= 0.3 is 8.80 Å². The van der Waals surface area contributed by atoms with Gasteiger partial charge in [0.25, 0.3) is 0 Å². The van der Waals surface area contributed by atoms with Crippen molar-refractivity contribution in [2.24, 2.45) is 0 Å². The molecule has 22 heavy (non-hydrogen) atoms. The Bertz CT molecular complexity index is 537. The first-order valence-electron chi connectivity index (χ1n) is 6.85. The van der Waals surface area contributed by atoms with Gasteiger partial charge in [-0.25, -0.2) is 0 Å². The van der Waals surface area contributed by atoms with Crippen LogP contribution in [0, 0.1) is 0 Å². The summed E-state index contributed by atoms with van der Waals surface area (Å²) in [5, 5.41) is 13.8. The monoisotopic (exact) mass is 324 g/mol. The second-order valence-electron chi connectivity index (χ2n) is 4.51. The van der Waals surface area contributed by atoms with Crippen LogP contribution in [0.2, 0.25) is 6.04 Å². The summed E-state index contributed by atoms with van der Waals surface area (Å²) in [7, 11) is 2.32. The van der Waals surface area contributed by atoms with Crippen molar-refractivity contribution in [3.8, 4) is 17.1 Å².